The van der Waals surface area contributed by atoms with E-state index in [1.807, 2.05) is 0 Å². The Morgan fingerprint density at radius 1 is 1.50 bits per heavy atom. The smallest absolute Gasteiger partial charge is 0.325 e. The Kier molecular flexibility index (Phi) is 3.14. The minimum atomic E-state index is -4.14. The number of alkyl halides is 4. The van der Waals surface area contributed by atoms with Crippen LogP contribution in [-0.2, 0) is 6.54 Å². The van der Waals surface area contributed by atoms with Crippen LogP contribution in [0.5, 0.6) is 0 Å². The Morgan fingerprint density at radius 2 is 2.17 bits per heavy atom. The molecule has 0 atom stereocenters. The fourth-order valence-electron chi connectivity index (χ4n) is 1.57. The number of aromatic nitrogens is 3. The van der Waals surface area contributed by atoms with Crippen molar-refractivity contribution in [2.45, 2.75) is 25.8 Å². The maximum Gasteiger partial charge on any atom is 0.325 e. The van der Waals surface area contributed by atoms with Crippen LogP contribution in [0, 0.1) is 11.7 Å². The number of halogens is 4. The van der Waals surface area contributed by atoms with E-state index in [0.29, 0.717) is 5.52 Å². The Labute approximate surface area is 104 Å². The number of nitrogens with zero attached hydrogens (tertiary/aromatic N) is 2. The van der Waals surface area contributed by atoms with Crippen LogP contribution >= 0.6 is 12.2 Å². The number of hydrogen-bond acceptors (Lipinski definition) is 2. The third-order valence-electron chi connectivity index (χ3n) is 2.43. The average molecular weight is 279 g/mol. The molecular weight excluding hydrogens is 270 g/mol. The highest BCUT2D eigenvalue weighted by Gasteiger charge is 2.41. The molecule has 0 unspecified atom stereocenters. The Bertz CT molecular complexity index is 632. The van der Waals surface area contributed by atoms with Crippen LogP contribution in [0.3, 0.4) is 0 Å². The normalized spacial score (nSPS) is 12.6. The summed E-state index contributed by atoms with van der Waals surface area (Å²) in [4.78, 5) is 6.60. The van der Waals surface area contributed by atoms with E-state index in [1.54, 1.807) is 13.0 Å². The van der Waals surface area contributed by atoms with Crippen molar-refractivity contribution in [3.05, 3.63) is 22.6 Å². The molecule has 0 aliphatic heterocycles. The first-order valence-corrected chi connectivity index (χ1v) is 5.43. The summed E-state index contributed by atoms with van der Waals surface area (Å²) in [7, 11) is 0. The van der Waals surface area contributed by atoms with E-state index < -0.39 is 18.9 Å². The second-order valence-corrected chi connectivity index (χ2v) is 4.35. The number of nitrogens with one attached hydrogen (secondary N) is 1. The van der Waals surface area contributed by atoms with Gasteiger partial charge in [0.25, 0.3) is 0 Å². The standard InChI is InChI=1S/C10H9F4N3S/c1-5-2-6-7(15-3-5)17(9(18)16-6)4-10(13,14)8(11)12/h2-3,8H,4H2,1H3,(H,16,18). The van der Waals surface area contributed by atoms with Crippen LogP contribution in [-0.4, -0.2) is 26.9 Å². The molecule has 8 heteroatoms. The molecule has 1 N–H and O–H groups in total. The number of imidazole rings is 1. The summed E-state index contributed by atoms with van der Waals surface area (Å²) in [6.45, 7) is 0.577. The van der Waals surface area contributed by atoms with Crippen molar-refractivity contribution in [1.82, 2.24) is 14.5 Å². The van der Waals surface area contributed by atoms with Crippen LogP contribution in [0.1, 0.15) is 5.56 Å². The second kappa shape index (κ2) is 4.34. The van der Waals surface area contributed by atoms with E-state index >= 15 is 0 Å². The predicted octanol–water partition coefficient (Wildman–Crippen LogP) is 3.30. The lowest BCUT2D eigenvalue weighted by atomic mass is 10.3. The number of pyridine rings is 1. The second-order valence-electron chi connectivity index (χ2n) is 3.96. The summed E-state index contributed by atoms with van der Waals surface area (Å²) in [5.74, 6) is -4.14. The van der Waals surface area contributed by atoms with Gasteiger partial charge < -0.3 is 4.98 Å². The van der Waals surface area contributed by atoms with Crippen molar-refractivity contribution in [3.8, 4) is 0 Å². The molecule has 98 valence electrons. The quantitative estimate of drug-likeness (QED) is 0.691. The third kappa shape index (κ3) is 2.24. The van der Waals surface area contributed by atoms with E-state index in [0.717, 1.165) is 10.1 Å². The third-order valence-corrected chi connectivity index (χ3v) is 2.76. The summed E-state index contributed by atoms with van der Waals surface area (Å²) in [5, 5.41) is 0. The first-order chi connectivity index (χ1) is 8.31. The molecule has 0 aliphatic rings. The molecule has 0 bridgehead atoms. The van der Waals surface area contributed by atoms with Gasteiger partial charge in [-0.3, -0.25) is 4.57 Å². The fourth-order valence-corrected chi connectivity index (χ4v) is 1.84. The molecular formula is C10H9F4N3S. The van der Waals surface area contributed by atoms with Gasteiger partial charge in [-0.15, -0.1) is 0 Å². The van der Waals surface area contributed by atoms with Gasteiger partial charge >= 0.3 is 12.3 Å². The predicted molar refractivity (Wildman–Crippen MR) is 60.6 cm³/mol. The minimum absolute atomic E-state index is 0.0524. The molecule has 0 saturated heterocycles. The van der Waals surface area contributed by atoms with E-state index in [4.69, 9.17) is 12.2 Å². The number of rotatable bonds is 3. The van der Waals surface area contributed by atoms with Gasteiger partial charge in [-0.05, 0) is 30.8 Å². The first-order valence-electron chi connectivity index (χ1n) is 5.02. The Hall–Kier alpha value is -1.44. The van der Waals surface area contributed by atoms with Crippen molar-refractivity contribution in [3.63, 3.8) is 0 Å². The number of aryl methyl sites for hydroxylation is 1. The molecule has 2 aromatic heterocycles. The Morgan fingerprint density at radius 3 is 2.78 bits per heavy atom. The largest absolute Gasteiger partial charge is 0.329 e. The zero-order chi connectivity index (χ0) is 13.5. The van der Waals surface area contributed by atoms with Crippen molar-refractivity contribution in [2.24, 2.45) is 0 Å². The van der Waals surface area contributed by atoms with Crippen molar-refractivity contribution >= 4 is 23.4 Å². The highest BCUT2D eigenvalue weighted by Crippen LogP contribution is 2.26. The van der Waals surface area contributed by atoms with E-state index in [9.17, 15) is 17.6 Å². The molecule has 2 heterocycles. The molecule has 2 aromatic rings. The van der Waals surface area contributed by atoms with Crippen molar-refractivity contribution < 1.29 is 17.6 Å². The number of H-pyrrole nitrogens is 1. The van der Waals surface area contributed by atoms with E-state index in [2.05, 4.69) is 9.97 Å². The summed E-state index contributed by atoms with van der Waals surface area (Å²) in [5.41, 5.74) is 1.41. The molecule has 2 rings (SSSR count). The van der Waals surface area contributed by atoms with Gasteiger partial charge in [0.1, 0.15) is 0 Å². The Balaban J connectivity index is 2.52. The molecule has 0 aromatic carbocycles. The molecule has 0 aliphatic carbocycles. The van der Waals surface area contributed by atoms with Crippen LogP contribution in [0.25, 0.3) is 11.2 Å². The fraction of sp³-hybridized carbons (Fsp3) is 0.400. The van der Waals surface area contributed by atoms with Gasteiger partial charge in [0, 0.05) is 6.20 Å². The highest BCUT2D eigenvalue weighted by atomic mass is 32.1. The van der Waals surface area contributed by atoms with Crippen LogP contribution in [0.2, 0.25) is 0 Å². The molecule has 0 amide bonds. The number of aromatic amines is 1. The monoisotopic (exact) mass is 279 g/mol. The maximum atomic E-state index is 13.0. The lowest BCUT2D eigenvalue weighted by Gasteiger charge is -2.15. The minimum Gasteiger partial charge on any atom is -0.329 e. The van der Waals surface area contributed by atoms with E-state index in [-0.39, 0.29) is 10.4 Å². The van der Waals surface area contributed by atoms with Crippen LogP contribution in [0.15, 0.2) is 12.3 Å². The average Bonchev–Trinajstić information content (AvgIpc) is 2.54. The van der Waals surface area contributed by atoms with Gasteiger partial charge in [0.05, 0.1) is 12.1 Å². The molecule has 0 saturated carbocycles. The molecule has 3 nitrogen and oxygen atoms in total. The van der Waals surface area contributed by atoms with E-state index in [1.165, 1.54) is 6.20 Å². The van der Waals surface area contributed by atoms with Gasteiger partial charge in [0.2, 0.25) is 0 Å². The zero-order valence-corrected chi connectivity index (χ0v) is 10.1. The SMILES string of the molecule is Cc1cnc2c(c1)[nH]c(=S)n2CC(F)(F)C(F)F. The summed E-state index contributed by atoms with van der Waals surface area (Å²) < 4.78 is 51.3. The van der Waals surface area contributed by atoms with Gasteiger partial charge in [0.15, 0.2) is 10.4 Å². The van der Waals surface area contributed by atoms with Gasteiger partial charge in [-0.2, -0.15) is 8.78 Å². The molecule has 0 fully saturated rings. The van der Waals surface area contributed by atoms with Gasteiger partial charge in [-0.1, -0.05) is 0 Å². The lowest BCUT2D eigenvalue weighted by molar-refractivity contribution is -0.137. The summed E-state index contributed by atoms with van der Waals surface area (Å²) in [6, 6.07) is 1.66. The maximum absolute atomic E-state index is 13.0. The van der Waals surface area contributed by atoms with Crippen molar-refractivity contribution in [2.75, 3.05) is 0 Å². The summed E-state index contributed by atoms with van der Waals surface area (Å²) >= 11 is 4.84. The topological polar surface area (TPSA) is 33.6 Å². The number of hydrogen-bond donors (Lipinski definition) is 1. The zero-order valence-electron chi connectivity index (χ0n) is 9.25. The molecule has 0 spiro atoms. The van der Waals surface area contributed by atoms with Crippen molar-refractivity contribution in [1.29, 1.82) is 0 Å². The van der Waals surface area contributed by atoms with Crippen LogP contribution in [0.4, 0.5) is 17.6 Å². The van der Waals surface area contributed by atoms with Gasteiger partial charge in [-0.25, -0.2) is 13.8 Å². The number of fused-ring (bicyclic) bond motifs is 1. The first kappa shape index (κ1) is 13.0. The van der Waals surface area contributed by atoms with Crippen LogP contribution < -0.4 is 0 Å². The lowest BCUT2D eigenvalue weighted by Crippen LogP contribution is -2.32. The molecule has 0 radical (unpaired) electrons. The summed E-state index contributed by atoms with van der Waals surface area (Å²) in [6.07, 6.45) is -2.28. The molecule has 18 heavy (non-hydrogen) atoms. The highest BCUT2D eigenvalue weighted by molar-refractivity contribution is 7.71.